The lowest BCUT2D eigenvalue weighted by atomic mass is 9.80. The van der Waals surface area contributed by atoms with Gasteiger partial charge in [-0.05, 0) is 75.3 Å². The van der Waals surface area contributed by atoms with E-state index in [2.05, 4.69) is 66.1 Å². The molecule has 1 aliphatic rings. The summed E-state index contributed by atoms with van der Waals surface area (Å²) in [7, 11) is 3.79. The molecule has 1 N–H and O–H groups in total. The molecule has 0 bridgehead atoms. The van der Waals surface area contributed by atoms with Crippen LogP contribution in [0.4, 0.5) is 0 Å². The normalized spacial score (nSPS) is 19.5. The number of fused-ring (bicyclic) bond motifs is 1. The van der Waals surface area contributed by atoms with E-state index in [4.69, 9.17) is 32.9 Å². The highest BCUT2D eigenvalue weighted by atomic mass is 31.2. The lowest BCUT2D eigenvalue weighted by Gasteiger charge is -2.39. The lowest BCUT2D eigenvalue weighted by molar-refractivity contribution is -0.0964. The summed E-state index contributed by atoms with van der Waals surface area (Å²) in [5, 5.41) is 0. The molecule has 1 aliphatic heterocycles. The van der Waals surface area contributed by atoms with Crippen LogP contribution in [0.1, 0.15) is 50.6 Å². The smallest absolute Gasteiger partial charge is 0.278 e. The number of ether oxygens (including phenoxy) is 6. The number of methoxy groups -OCH3 is 3. The van der Waals surface area contributed by atoms with Crippen LogP contribution in [-0.4, -0.2) is 102 Å². The second-order valence-corrected chi connectivity index (χ2v) is 15.5. The van der Waals surface area contributed by atoms with Crippen molar-refractivity contribution in [2.24, 2.45) is 0 Å². The maximum atomic E-state index is 12.8. The lowest BCUT2D eigenvalue weighted by Crippen LogP contribution is -2.43. The molecule has 13 nitrogen and oxygen atoms in total. The molecule has 2 aromatic heterocycles. The van der Waals surface area contributed by atoms with Gasteiger partial charge in [0.05, 0.1) is 46.7 Å². The Hall–Kier alpha value is -4.20. The molecule has 2 unspecified atom stereocenters. The van der Waals surface area contributed by atoms with Crippen molar-refractivity contribution < 1.29 is 32.9 Å². The third kappa shape index (κ3) is 8.49. The first kappa shape index (κ1) is 40.5. The predicted molar refractivity (Wildman–Crippen MR) is 212 cm³/mol. The molecule has 294 valence electrons. The summed E-state index contributed by atoms with van der Waals surface area (Å²) in [6.45, 7) is 11.5. The molecule has 5 aromatic rings. The van der Waals surface area contributed by atoms with Crippen molar-refractivity contribution in [2.45, 2.75) is 69.9 Å². The number of aromatic nitrogens is 4. The fourth-order valence-electron chi connectivity index (χ4n) is 7.45. The number of nitrogens with zero attached hydrogens (tertiary/aromatic N) is 4. The maximum absolute atomic E-state index is 12.8. The van der Waals surface area contributed by atoms with Gasteiger partial charge in [0.1, 0.15) is 43.7 Å². The fraction of sp³-hybridized carbons (Fsp3) is 0.439. The molecule has 3 heterocycles. The van der Waals surface area contributed by atoms with E-state index in [1.807, 2.05) is 66.7 Å². The van der Waals surface area contributed by atoms with Crippen LogP contribution in [0, 0.1) is 0 Å². The Bertz CT molecular complexity index is 1950. The van der Waals surface area contributed by atoms with E-state index >= 15 is 0 Å². The summed E-state index contributed by atoms with van der Waals surface area (Å²) < 4.78 is 48.7. The summed E-state index contributed by atoms with van der Waals surface area (Å²) in [6, 6.07) is 26.4. The van der Waals surface area contributed by atoms with Gasteiger partial charge in [0.15, 0.2) is 17.4 Å². The van der Waals surface area contributed by atoms with E-state index in [-0.39, 0.29) is 36.4 Å². The first-order chi connectivity index (χ1) is 26.6. The Labute approximate surface area is 323 Å². The van der Waals surface area contributed by atoms with Gasteiger partial charge in [0, 0.05) is 19.2 Å². The standard InChI is InChI=1S/C41H52N5O8P/c1-27(2)46(28(3)4)55(8)54-36-34(53-40(37(36)51-23-22-48-5)45-26-44-35-38(45)42-25-43-39(35)47)24-52-41(29-12-10-9-11-13-29,30-14-18-32(49-6)19-15-30)31-16-20-33(50-7)21-17-31/h9-21,25-28,34,36-37,40H,22-24H2,1-8H3,(H,42,43,47)/t34-,36+,37?,40-,55?/m1/s1. The van der Waals surface area contributed by atoms with Crippen molar-refractivity contribution >= 4 is 19.5 Å². The van der Waals surface area contributed by atoms with Gasteiger partial charge in [-0.3, -0.25) is 14.0 Å². The molecule has 0 radical (unpaired) electrons. The third-order valence-electron chi connectivity index (χ3n) is 9.82. The molecule has 5 atom stereocenters. The van der Waals surface area contributed by atoms with E-state index in [9.17, 15) is 4.79 Å². The monoisotopic (exact) mass is 773 g/mol. The molecule has 0 spiro atoms. The molecule has 14 heteroatoms. The molecule has 55 heavy (non-hydrogen) atoms. The number of hydrogen-bond donors (Lipinski definition) is 1. The van der Waals surface area contributed by atoms with Crippen molar-refractivity contribution in [2.75, 3.05) is 47.8 Å². The van der Waals surface area contributed by atoms with Crippen LogP contribution in [-0.2, 0) is 29.1 Å². The molecule has 0 saturated carbocycles. The Morgan fingerprint density at radius 3 is 2.00 bits per heavy atom. The van der Waals surface area contributed by atoms with Crippen LogP contribution in [0.5, 0.6) is 11.5 Å². The second kappa shape index (κ2) is 18.2. The molecule has 0 aliphatic carbocycles. The van der Waals surface area contributed by atoms with E-state index < -0.39 is 38.4 Å². The highest BCUT2D eigenvalue weighted by Gasteiger charge is 2.51. The van der Waals surface area contributed by atoms with Gasteiger partial charge < -0.3 is 37.9 Å². The molecular weight excluding hydrogens is 721 g/mol. The molecular formula is C41H52N5O8P. The Morgan fingerprint density at radius 1 is 0.836 bits per heavy atom. The number of benzene rings is 3. The Balaban J connectivity index is 1.48. The minimum absolute atomic E-state index is 0.0887. The van der Waals surface area contributed by atoms with Gasteiger partial charge >= 0.3 is 0 Å². The zero-order valence-electron chi connectivity index (χ0n) is 32.7. The summed E-state index contributed by atoms with van der Waals surface area (Å²) in [4.78, 5) is 24.3. The van der Waals surface area contributed by atoms with E-state index in [0.29, 0.717) is 12.3 Å². The van der Waals surface area contributed by atoms with Crippen molar-refractivity contribution in [1.82, 2.24) is 24.2 Å². The van der Waals surface area contributed by atoms with Crippen LogP contribution in [0.2, 0.25) is 0 Å². The van der Waals surface area contributed by atoms with Crippen LogP contribution < -0.4 is 15.0 Å². The summed E-state index contributed by atoms with van der Waals surface area (Å²) in [5.41, 5.74) is 1.80. The number of H-pyrrole nitrogens is 1. The number of rotatable bonds is 18. The van der Waals surface area contributed by atoms with E-state index in [0.717, 1.165) is 28.2 Å². The van der Waals surface area contributed by atoms with Gasteiger partial charge in [0.2, 0.25) is 0 Å². The number of nitrogens with one attached hydrogen (secondary N) is 1. The highest BCUT2D eigenvalue weighted by molar-refractivity contribution is 7.49. The number of hydrogen-bond acceptors (Lipinski definition) is 11. The second-order valence-electron chi connectivity index (χ2n) is 13.9. The number of imidazole rings is 1. The first-order valence-electron chi connectivity index (χ1n) is 18.5. The molecule has 3 aromatic carbocycles. The van der Waals surface area contributed by atoms with E-state index in [1.165, 1.54) is 6.33 Å². The van der Waals surface area contributed by atoms with Gasteiger partial charge in [-0.15, -0.1) is 0 Å². The van der Waals surface area contributed by atoms with Crippen LogP contribution in [0.25, 0.3) is 11.2 Å². The van der Waals surface area contributed by atoms with Gasteiger partial charge in [-0.25, -0.2) is 9.97 Å². The van der Waals surface area contributed by atoms with Crippen molar-refractivity contribution in [3.8, 4) is 11.5 Å². The Kier molecular flexibility index (Phi) is 13.4. The maximum Gasteiger partial charge on any atom is 0.278 e. The van der Waals surface area contributed by atoms with Crippen molar-refractivity contribution in [3.05, 3.63) is 119 Å². The van der Waals surface area contributed by atoms with Crippen LogP contribution in [0.3, 0.4) is 0 Å². The largest absolute Gasteiger partial charge is 0.497 e. The topological polar surface area (TPSA) is 131 Å². The van der Waals surface area contributed by atoms with Crippen molar-refractivity contribution in [1.29, 1.82) is 0 Å². The average molecular weight is 774 g/mol. The molecule has 0 amide bonds. The minimum Gasteiger partial charge on any atom is -0.497 e. The SMILES string of the molecule is COCCOC1[C@@H](OP(C)N(C(C)C)C(C)C)[C@@H](COC(c2ccccc2)(c2ccc(OC)cc2)c2ccc(OC)cc2)O[C@H]1n1cnc2c(=O)[nH]cnc21. The average Bonchev–Trinajstić information content (AvgIpc) is 3.77. The van der Waals surface area contributed by atoms with Gasteiger partial charge in [-0.2, -0.15) is 0 Å². The molecule has 1 saturated heterocycles. The van der Waals surface area contributed by atoms with Crippen molar-refractivity contribution in [3.63, 3.8) is 0 Å². The Morgan fingerprint density at radius 2 is 1.44 bits per heavy atom. The zero-order valence-corrected chi connectivity index (χ0v) is 33.6. The van der Waals surface area contributed by atoms with Crippen LogP contribution in [0.15, 0.2) is 96.3 Å². The summed E-state index contributed by atoms with van der Waals surface area (Å²) in [5.74, 6) is 1.45. The predicted octanol–water partition coefficient (Wildman–Crippen LogP) is 6.52. The van der Waals surface area contributed by atoms with Gasteiger partial charge in [0.25, 0.3) is 5.56 Å². The third-order valence-corrected chi connectivity index (χ3v) is 11.9. The molecule has 1 fully saturated rings. The summed E-state index contributed by atoms with van der Waals surface area (Å²) in [6.07, 6.45) is 0.246. The van der Waals surface area contributed by atoms with E-state index in [1.54, 1.807) is 32.2 Å². The minimum atomic E-state index is -1.14. The molecule has 6 rings (SSSR count). The van der Waals surface area contributed by atoms with Gasteiger partial charge in [-0.1, -0.05) is 54.6 Å². The summed E-state index contributed by atoms with van der Waals surface area (Å²) >= 11 is 0. The quantitative estimate of drug-likeness (QED) is 0.0594. The number of aromatic amines is 1. The first-order valence-corrected chi connectivity index (χ1v) is 20.1. The van der Waals surface area contributed by atoms with Crippen LogP contribution >= 0.6 is 8.30 Å². The fourth-order valence-corrected chi connectivity index (χ4v) is 9.46. The zero-order chi connectivity index (χ0) is 39.1. The highest BCUT2D eigenvalue weighted by Crippen LogP contribution is 2.48.